The van der Waals surface area contributed by atoms with Gasteiger partial charge in [0.25, 0.3) is 5.91 Å². The fraction of sp³-hybridized carbons (Fsp3) is 0.458. The summed E-state index contributed by atoms with van der Waals surface area (Å²) in [5.74, 6) is -0.979. The van der Waals surface area contributed by atoms with Gasteiger partial charge < -0.3 is 14.9 Å². The lowest BCUT2D eigenvalue weighted by Gasteiger charge is -2.26. The smallest absolute Gasteiger partial charge is 0.335 e. The van der Waals surface area contributed by atoms with Crippen LogP contribution in [0.2, 0.25) is 4.34 Å². The largest absolute Gasteiger partial charge is 0.478 e. The monoisotopic (exact) mass is 476 g/mol. The second kappa shape index (κ2) is 11.0. The molecule has 6 nitrogen and oxygen atoms in total. The van der Waals surface area contributed by atoms with Crippen LogP contribution in [0.15, 0.2) is 30.3 Å². The minimum absolute atomic E-state index is 0.0579. The van der Waals surface area contributed by atoms with Crippen molar-refractivity contribution >= 4 is 46.4 Å². The molecule has 8 heteroatoms. The van der Waals surface area contributed by atoms with Crippen LogP contribution in [0.25, 0.3) is 0 Å². The molecule has 0 unspecified atom stereocenters. The van der Waals surface area contributed by atoms with E-state index >= 15 is 0 Å². The van der Waals surface area contributed by atoms with E-state index in [0.29, 0.717) is 27.4 Å². The number of hydrogen-bond acceptors (Lipinski definition) is 4. The van der Waals surface area contributed by atoms with E-state index in [0.717, 1.165) is 37.7 Å². The average Bonchev–Trinajstić information content (AvgIpc) is 3.14. The van der Waals surface area contributed by atoms with Crippen molar-refractivity contribution in [1.82, 2.24) is 4.90 Å². The van der Waals surface area contributed by atoms with Crippen LogP contribution in [-0.4, -0.2) is 40.9 Å². The van der Waals surface area contributed by atoms with Crippen LogP contribution in [0.4, 0.5) is 5.69 Å². The van der Waals surface area contributed by atoms with Gasteiger partial charge in [-0.25, -0.2) is 4.79 Å². The van der Waals surface area contributed by atoms with Crippen molar-refractivity contribution in [3.05, 3.63) is 50.7 Å². The Hall–Kier alpha value is -2.38. The molecule has 0 atom stereocenters. The molecule has 1 aliphatic heterocycles. The number of fused-ring (bicyclic) bond motifs is 1. The number of amides is 2. The molecule has 1 aromatic carbocycles. The Balaban J connectivity index is 1.92. The summed E-state index contributed by atoms with van der Waals surface area (Å²) < 4.78 is 0.514. The fourth-order valence-electron chi connectivity index (χ4n) is 4.26. The first-order valence-corrected chi connectivity index (χ1v) is 12.2. The second-order valence-electron chi connectivity index (χ2n) is 8.19. The first kappa shape index (κ1) is 24.3. The van der Waals surface area contributed by atoms with Gasteiger partial charge in [0, 0.05) is 18.8 Å². The Kier molecular flexibility index (Phi) is 8.32. The predicted octanol–water partition coefficient (Wildman–Crippen LogP) is 5.70. The zero-order valence-corrected chi connectivity index (χ0v) is 20.0. The van der Waals surface area contributed by atoms with E-state index in [1.807, 2.05) is 0 Å². The van der Waals surface area contributed by atoms with Crippen LogP contribution in [0, 0.1) is 5.92 Å². The van der Waals surface area contributed by atoms with Gasteiger partial charge in [0.1, 0.15) is 6.54 Å². The van der Waals surface area contributed by atoms with Crippen LogP contribution < -0.4 is 4.90 Å². The maximum atomic E-state index is 13.3. The molecule has 32 heavy (non-hydrogen) atoms. The summed E-state index contributed by atoms with van der Waals surface area (Å²) in [6, 6.07) is 8.12. The molecule has 0 bridgehead atoms. The molecule has 2 amide bonds. The molecule has 0 saturated carbocycles. The summed E-state index contributed by atoms with van der Waals surface area (Å²) in [6.07, 6.45) is 5.22. The normalized spacial score (nSPS) is 13.9. The molecular formula is C24H29ClN2O4S. The fourth-order valence-corrected chi connectivity index (χ4v) is 5.27. The highest BCUT2D eigenvalue weighted by Crippen LogP contribution is 2.31. The zero-order valence-electron chi connectivity index (χ0n) is 18.5. The minimum Gasteiger partial charge on any atom is -0.478 e. The van der Waals surface area contributed by atoms with Crippen LogP contribution in [0.5, 0.6) is 0 Å². The molecule has 0 fully saturated rings. The number of carboxylic acid groups (broad SMARTS) is 1. The molecule has 1 aliphatic rings. The number of carbonyl (C=O) groups excluding carboxylic acids is 2. The number of carboxylic acids is 1. The van der Waals surface area contributed by atoms with Crippen LogP contribution in [-0.2, 0) is 11.3 Å². The molecular weight excluding hydrogens is 448 g/mol. The van der Waals surface area contributed by atoms with Crippen molar-refractivity contribution in [3.8, 4) is 0 Å². The van der Waals surface area contributed by atoms with Crippen molar-refractivity contribution < 1.29 is 19.5 Å². The molecule has 2 heterocycles. The van der Waals surface area contributed by atoms with Crippen molar-refractivity contribution in [2.24, 2.45) is 5.92 Å². The van der Waals surface area contributed by atoms with Gasteiger partial charge in [-0.2, -0.15) is 0 Å². The number of benzene rings is 1. The Morgan fingerprint density at radius 3 is 2.41 bits per heavy atom. The molecule has 1 N–H and O–H groups in total. The van der Waals surface area contributed by atoms with Crippen molar-refractivity contribution in [3.63, 3.8) is 0 Å². The Bertz CT molecular complexity index is 984. The van der Waals surface area contributed by atoms with Gasteiger partial charge in [0.2, 0.25) is 5.91 Å². The number of thiophene rings is 1. The van der Waals surface area contributed by atoms with Gasteiger partial charge in [-0.15, -0.1) is 11.3 Å². The lowest BCUT2D eigenvalue weighted by atomic mass is 9.94. The zero-order chi connectivity index (χ0) is 23.3. The number of anilines is 1. The minimum atomic E-state index is -1.04. The highest BCUT2D eigenvalue weighted by atomic mass is 35.5. The summed E-state index contributed by atoms with van der Waals surface area (Å²) in [5, 5.41) is 9.48. The van der Waals surface area contributed by atoms with Crippen LogP contribution in [0.3, 0.4) is 0 Å². The highest BCUT2D eigenvalue weighted by molar-refractivity contribution is 7.17. The third-order valence-electron chi connectivity index (χ3n) is 5.84. The van der Waals surface area contributed by atoms with Gasteiger partial charge in [0.05, 0.1) is 14.8 Å². The van der Waals surface area contributed by atoms with E-state index in [1.165, 1.54) is 22.3 Å². The quantitative estimate of drug-likeness (QED) is 0.503. The average molecular weight is 477 g/mol. The molecule has 0 spiro atoms. The lowest BCUT2D eigenvalue weighted by molar-refractivity contribution is -0.119. The molecule has 0 radical (unpaired) electrons. The number of carbonyl (C=O) groups is 3. The number of nitrogens with zero attached hydrogens (tertiary/aromatic N) is 2. The van der Waals surface area contributed by atoms with E-state index in [9.17, 15) is 19.5 Å². The van der Waals surface area contributed by atoms with Gasteiger partial charge in [-0.1, -0.05) is 57.2 Å². The first-order chi connectivity index (χ1) is 15.3. The third-order valence-corrected chi connectivity index (χ3v) is 7.06. The molecule has 0 saturated heterocycles. The molecule has 1 aromatic heterocycles. The maximum absolute atomic E-state index is 13.3. The summed E-state index contributed by atoms with van der Waals surface area (Å²) >= 11 is 7.18. The van der Waals surface area contributed by atoms with Gasteiger partial charge in [0.15, 0.2) is 0 Å². The summed E-state index contributed by atoms with van der Waals surface area (Å²) in [6.45, 7) is 5.01. The van der Waals surface area contributed by atoms with E-state index in [4.69, 9.17) is 11.6 Å². The highest BCUT2D eigenvalue weighted by Gasteiger charge is 2.30. The SMILES string of the molecule is CCCC(CCC)CCN1C(=O)CN(C(=O)c2ccc(Cl)s2)Cc2ccc(C(=O)O)cc21. The third kappa shape index (κ3) is 5.70. The van der Waals surface area contributed by atoms with Gasteiger partial charge >= 0.3 is 5.97 Å². The van der Waals surface area contributed by atoms with Crippen LogP contribution >= 0.6 is 22.9 Å². The molecule has 3 rings (SSSR count). The summed E-state index contributed by atoms with van der Waals surface area (Å²) in [5.41, 5.74) is 1.48. The topological polar surface area (TPSA) is 77.9 Å². The first-order valence-electron chi connectivity index (χ1n) is 11.0. The Labute approximate surface area is 197 Å². The second-order valence-corrected chi connectivity index (χ2v) is 9.91. The van der Waals surface area contributed by atoms with Crippen LogP contribution in [0.1, 0.15) is 71.5 Å². The van der Waals surface area contributed by atoms with E-state index < -0.39 is 5.97 Å². The molecule has 0 aliphatic carbocycles. The number of halogens is 1. The number of rotatable bonds is 9. The maximum Gasteiger partial charge on any atom is 0.335 e. The van der Waals surface area contributed by atoms with Gasteiger partial charge in [-0.05, 0) is 42.2 Å². The Morgan fingerprint density at radius 1 is 1.09 bits per heavy atom. The number of hydrogen-bond donors (Lipinski definition) is 1. The molecule has 2 aromatic rings. The van der Waals surface area contributed by atoms with E-state index in [1.54, 1.807) is 29.2 Å². The standard InChI is InChI=1S/C24H29ClN2O4S/c1-3-5-16(6-4-2)11-12-27-19-13-17(24(30)31)7-8-18(19)14-26(15-22(27)28)23(29)20-9-10-21(25)32-20/h7-10,13,16H,3-6,11-12,14-15H2,1-2H3,(H,30,31). The summed E-state index contributed by atoms with van der Waals surface area (Å²) in [4.78, 5) is 41.6. The summed E-state index contributed by atoms with van der Waals surface area (Å²) in [7, 11) is 0. The Morgan fingerprint density at radius 2 is 1.81 bits per heavy atom. The van der Waals surface area contributed by atoms with Crippen molar-refractivity contribution in [1.29, 1.82) is 0 Å². The predicted molar refractivity (Wildman–Crippen MR) is 128 cm³/mol. The van der Waals surface area contributed by atoms with E-state index in [-0.39, 0.29) is 30.5 Å². The lowest BCUT2D eigenvalue weighted by Crippen LogP contribution is -2.40. The van der Waals surface area contributed by atoms with Crippen molar-refractivity contribution in [2.45, 2.75) is 52.5 Å². The molecule has 172 valence electrons. The van der Waals surface area contributed by atoms with Crippen molar-refractivity contribution in [2.75, 3.05) is 18.0 Å². The number of aromatic carboxylic acids is 1. The van der Waals surface area contributed by atoms with Gasteiger partial charge in [-0.3, -0.25) is 9.59 Å². The van der Waals surface area contributed by atoms with E-state index in [2.05, 4.69) is 13.8 Å².